The Hall–Kier alpha value is -1.51. The summed E-state index contributed by atoms with van der Waals surface area (Å²) >= 11 is 0. The fraction of sp³-hybridized carbons (Fsp3) is 0.682. The molecule has 0 heterocycles. The number of carbonyl (C=O) groups is 1. The van der Waals surface area contributed by atoms with Gasteiger partial charge in [-0.15, -0.1) is 0 Å². The molecule has 0 amide bonds. The number of hydrogen-bond donors (Lipinski definition) is 1. The highest BCUT2D eigenvalue weighted by Crippen LogP contribution is 2.48. The molecule has 0 aromatic heterocycles. The van der Waals surface area contributed by atoms with E-state index in [9.17, 15) is 4.79 Å². The van der Waals surface area contributed by atoms with Crippen molar-refractivity contribution in [1.29, 1.82) is 0 Å². The molecule has 1 unspecified atom stereocenters. The van der Waals surface area contributed by atoms with Crippen molar-refractivity contribution < 1.29 is 14.6 Å². The molecular formula is C22H32O3. The molecule has 2 aliphatic rings. The highest BCUT2D eigenvalue weighted by Gasteiger charge is 2.36. The van der Waals surface area contributed by atoms with E-state index in [1.54, 1.807) is 0 Å². The second-order valence-electron chi connectivity index (χ2n) is 8.23. The summed E-state index contributed by atoms with van der Waals surface area (Å²) in [7, 11) is 0. The van der Waals surface area contributed by atoms with E-state index in [0.29, 0.717) is 17.8 Å². The quantitative estimate of drug-likeness (QED) is 0.729. The van der Waals surface area contributed by atoms with Crippen molar-refractivity contribution in [2.24, 2.45) is 11.3 Å². The molecule has 0 radical (unpaired) electrons. The van der Waals surface area contributed by atoms with E-state index in [4.69, 9.17) is 9.84 Å². The summed E-state index contributed by atoms with van der Waals surface area (Å²) in [5.74, 6) is 0.864. The zero-order valence-corrected chi connectivity index (χ0v) is 15.3. The Morgan fingerprint density at radius 1 is 1.04 bits per heavy atom. The molecule has 1 atom stereocenters. The number of rotatable bonds is 6. The van der Waals surface area contributed by atoms with Gasteiger partial charge in [0.25, 0.3) is 0 Å². The molecule has 2 fully saturated rings. The van der Waals surface area contributed by atoms with Crippen LogP contribution in [0.2, 0.25) is 0 Å². The number of benzene rings is 1. The van der Waals surface area contributed by atoms with Gasteiger partial charge in [-0.25, -0.2) is 0 Å². The van der Waals surface area contributed by atoms with Crippen molar-refractivity contribution in [1.82, 2.24) is 0 Å². The summed E-state index contributed by atoms with van der Waals surface area (Å²) < 4.78 is 6.07. The molecule has 25 heavy (non-hydrogen) atoms. The third kappa shape index (κ3) is 5.49. The molecule has 1 aromatic rings. The van der Waals surface area contributed by atoms with Gasteiger partial charge >= 0.3 is 5.97 Å². The van der Waals surface area contributed by atoms with Crippen LogP contribution in [0.15, 0.2) is 24.3 Å². The van der Waals surface area contributed by atoms with Crippen LogP contribution in [-0.4, -0.2) is 17.7 Å². The third-order valence-electron chi connectivity index (χ3n) is 6.24. The molecule has 138 valence electrons. The van der Waals surface area contributed by atoms with Crippen LogP contribution >= 0.6 is 0 Å². The van der Waals surface area contributed by atoms with Crippen LogP contribution in [0.25, 0.3) is 0 Å². The van der Waals surface area contributed by atoms with Crippen molar-refractivity contribution >= 4 is 5.97 Å². The predicted octanol–water partition coefficient (Wildman–Crippen LogP) is 5.61. The molecule has 2 saturated carbocycles. The molecule has 1 N–H and O–H groups in total. The molecule has 0 bridgehead atoms. The first-order valence-electron chi connectivity index (χ1n) is 10.1. The van der Waals surface area contributed by atoms with Crippen molar-refractivity contribution in [2.45, 2.75) is 77.0 Å². The minimum atomic E-state index is -0.745. The normalized spacial score (nSPS) is 23.1. The zero-order chi connectivity index (χ0) is 17.5. The van der Waals surface area contributed by atoms with Gasteiger partial charge in [-0.1, -0.05) is 44.2 Å². The molecule has 3 nitrogen and oxygen atoms in total. The highest BCUT2D eigenvalue weighted by molar-refractivity contribution is 5.67. The van der Waals surface area contributed by atoms with Crippen LogP contribution in [0.1, 0.15) is 76.2 Å². The fourth-order valence-corrected chi connectivity index (χ4v) is 4.87. The Bertz CT molecular complexity index is 541. The Kier molecular flexibility index (Phi) is 6.39. The topological polar surface area (TPSA) is 46.5 Å². The molecule has 3 heteroatoms. The summed E-state index contributed by atoms with van der Waals surface area (Å²) in [6, 6.07) is 7.96. The van der Waals surface area contributed by atoms with Gasteiger partial charge in [0.2, 0.25) is 0 Å². The van der Waals surface area contributed by atoms with Crippen LogP contribution in [0.3, 0.4) is 0 Å². The van der Waals surface area contributed by atoms with Gasteiger partial charge in [0.05, 0.1) is 6.61 Å². The Labute approximate surface area is 151 Å². The molecule has 0 aliphatic heterocycles. The smallest absolute Gasteiger partial charge is 0.303 e. The summed E-state index contributed by atoms with van der Waals surface area (Å²) in [5, 5.41) is 8.76. The van der Waals surface area contributed by atoms with E-state index in [-0.39, 0.29) is 6.42 Å². The maximum absolute atomic E-state index is 10.6. The van der Waals surface area contributed by atoms with Gasteiger partial charge in [0.15, 0.2) is 0 Å². The second-order valence-corrected chi connectivity index (χ2v) is 8.23. The Morgan fingerprint density at radius 3 is 2.40 bits per heavy atom. The first kappa shape index (κ1) is 18.3. The largest absolute Gasteiger partial charge is 0.493 e. The first-order chi connectivity index (χ1) is 12.2. The number of carboxylic acid groups (broad SMARTS) is 1. The number of carboxylic acids is 1. The number of ether oxygens (including phenoxy) is 1. The number of hydrogen-bond acceptors (Lipinski definition) is 2. The van der Waals surface area contributed by atoms with E-state index in [0.717, 1.165) is 17.9 Å². The van der Waals surface area contributed by atoms with Crippen LogP contribution in [-0.2, 0) is 11.2 Å². The van der Waals surface area contributed by atoms with Gasteiger partial charge in [0, 0.05) is 6.42 Å². The Balaban J connectivity index is 1.48. The van der Waals surface area contributed by atoms with E-state index >= 15 is 0 Å². The molecule has 0 saturated heterocycles. The van der Waals surface area contributed by atoms with Gasteiger partial charge in [0.1, 0.15) is 5.75 Å². The van der Waals surface area contributed by atoms with E-state index in [2.05, 4.69) is 0 Å². The predicted molar refractivity (Wildman–Crippen MR) is 100.0 cm³/mol. The van der Waals surface area contributed by atoms with Crippen molar-refractivity contribution in [3.63, 3.8) is 0 Å². The van der Waals surface area contributed by atoms with Gasteiger partial charge in [-0.2, -0.15) is 0 Å². The van der Waals surface area contributed by atoms with Crippen molar-refractivity contribution in [2.75, 3.05) is 6.61 Å². The van der Waals surface area contributed by atoms with Crippen LogP contribution < -0.4 is 4.74 Å². The SMILES string of the molecule is O=C(O)CCc1ccc(OCC2CCCC3(CCCCCC3)C2)cc1. The monoisotopic (exact) mass is 344 g/mol. The molecule has 2 aliphatic carbocycles. The molecule has 1 spiro atoms. The van der Waals surface area contributed by atoms with E-state index in [1.165, 1.54) is 64.2 Å². The summed E-state index contributed by atoms with van der Waals surface area (Å²) in [4.78, 5) is 10.6. The highest BCUT2D eigenvalue weighted by atomic mass is 16.5. The van der Waals surface area contributed by atoms with Crippen molar-refractivity contribution in [3.05, 3.63) is 29.8 Å². The Morgan fingerprint density at radius 2 is 1.72 bits per heavy atom. The summed E-state index contributed by atoms with van der Waals surface area (Å²) in [5.41, 5.74) is 1.67. The average molecular weight is 344 g/mol. The summed E-state index contributed by atoms with van der Waals surface area (Å²) in [6.45, 7) is 0.830. The van der Waals surface area contributed by atoms with Crippen LogP contribution in [0.5, 0.6) is 5.75 Å². The molecular weight excluding hydrogens is 312 g/mol. The maximum Gasteiger partial charge on any atom is 0.303 e. The maximum atomic E-state index is 10.6. The number of aliphatic carboxylic acids is 1. The second kappa shape index (κ2) is 8.73. The lowest BCUT2D eigenvalue weighted by Crippen LogP contribution is -2.31. The lowest BCUT2D eigenvalue weighted by molar-refractivity contribution is -0.136. The van der Waals surface area contributed by atoms with E-state index < -0.39 is 5.97 Å². The van der Waals surface area contributed by atoms with Gasteiger partial charge in [-0.3, -0.25) is 4.79 Å². The average Bonchev–Trinajstić information content (AvgIpc) is 2.84. The fourth-order valence-electron chi connectivity index (χ4n) is 4.87. The van der Waals surface area contributed by atoms with E-state index in [1.807, 2.05) is 24.3 Å². The van der Waals surface area contributed by atoms with Gasteiger partial charge < -0.3 is 9.84 Å². The van der Waals surface area contributed by atoms with Gasteiger partial charge in [-0.05, 0) is 67.6 Å². The molecule has 3 rings (SSSR count). The minimum Gasteiger partial charge on any atom is -0.493 e. The lowest BCUT2D eigenvalue weighted by atomic mass is 9.66. The zero-order valence-electron chi connectivity index (χ0n) is 15.3. The molecule has 1 aromatic carbocycles. The number of aryl methyl sites for hydroxylation is 1. The minimum absolute atomic E-state index is 0.185. The van der Waals surface area contributed by atoms with Crippen molar-refractivity contribution in [3.8, 4) is 5.75 Å². The van der Waals surface area contributed by atoms with Crippen LogP contribution in [0.4, 0.5) is 0 Å². The first-order valence-corrected chi connectivity index (χ1v) is 10.1. The standard InChI is InChI=1S/C22H32O3/c23-21(24)12-9-18-7-10-20(11-8-18)25-17-19-6-5-15-22(16-19)13-3-1-2-4-14-22/h7-8,10-11,19H,1-6,9,12-17H2,(H,23,24). The summed E-state index contributed by atoms with van der Waals surface area (Å²) in [6.07, 6.45) is 14.8. The lowest BCUT2D eigenvalue weighted by Gasteiger charge is -2.40. The van der Waals surface area contributed by atoms with Crippen LogP contribution in [0, 0.1) is 11.3 Å². The third-order valence-corrected chi connectivity index (χ3v) is 6.24.